The minimum absolute atomic E-state index is 0.231. The molecule has 0 saturated carbocycles. The molecule has 0 fully saturated rings. The van der Waals surface area contributed by atoms with E-state index in [0.717, 1.165) is 31.9 Å². The molecule has 1 aromatic heterocycles. The molecule has 1 nitrogen and oxygen atoms in total. The molecule has 0 aliphatic carbocycles. The molecule has 0 radical (unpaired) electrons. The van der Waals surface area contributed by atoms with Gasteiger partial charge in [-0.25, -0.2) is 9.37 Å². The molecule has 0 unspecified atom stereocenters. The van der Waals surface area contributed by atoms with Gasteiger partial charge in [0.1, 0.15) is 10.8 Å². The Kier molecular flexibility index (Phi) is 3.68. The molecule has 0 aliphatic heterocycles. The summed E-state index contributed by atoms with van der Waals surface area (Å²) in [7, 11) is 0. The Morgan fingerprint density at radius 2 is 1.85 bits per heavy atom. The van der Waals surface area contributed by atoms with Gasteiger partial charge in [-0.3, -0.25) is 0 Å². The van der Waals surface area contributed by atoms with Gasteiger partial charge in [-0.05, 0) is 36.8 Å². The first kappa shape index (κ1) is 13.5. The monoisotopic (exact) mass is 347 g/mol. The van der Waals surface area contributed by atoms with Crippen molar-refractivity contribution in [3.05, 3.63) is 63.7 Å². The molecule has 3 rings (SSSR count). The van der Waals surface area contributed by atoms with Crippen LogP contribution in [0, 0.1) is 12.7 Å². The molecule has 2 aromatic carbocycles. The molecule has 100 valence electrons. The summed E-state index contributed by atoms with van der Waals surface area (Å²) in [4.78, 5) is 4.62. The minimum Gasteiger partial charge on any atom is -0.236 e. The highest BCUT2D eigenvalue weighted by molar-refractivity contribution is 9.10. The first-order valence-corrected chi connectivity index (χ1v) is 7.79. The van der Waals surface area contributed by atoms with Gasteiger partial charge in [-0.2, -0.15) is 0 Å². The van der Waals surface area contributed by atoms with Crippen molar-refractivity contribution in [2.75, 3.05) is 0 Å². The smallest absolute Gasteiger partial charge is 0.124 e. The summed E-state index contributed by atoms with van der Waals surface area (Å²) in [6.07, 6.45) is 0. The number of hydrogen-bond acceptors (Lipinski definition) is 2. The largest absolute Gasteiger partial charge is 0.236 e. The number of nitrogens with zero attached hydrogens (tertiary/aromatic N) is 1. The quantitative estimate of drug-likeness (QED) is 0.580. The molecule has 1 heterocycles. The van der Waals surface area contributed by atoms with Crippen molar-refractivity contribution < 1.29 is 4.39 Å². The molecule has 0 bridgehead atoms. The molecule has 0 amide bonds. The van der Waals surface area contributed by atoms with Crippen LogP contribution in [0.4, 0.5) is 4.39 Å². The standard InChI is InChI=1S/C16H11BrFNS/c1-10-2-7-13(18)8-14(10)16-19-15(9-20-16)11-3-5-12(17)6-4-11/h2-9H,1H3. The number of thiazole rings is 1. The Morgan fingerprint density at radius 3 is 2.60 bits per heavy atom. The fourth-order valence-electron chi connectivity index (χ4n) is 1.98. The van der Waals surface area contributed by atoms with Crippen LogP contribution in [0.15, 0.2) is 52.3 Å². The van der Waals surface area contributed by atoms with Crippen LogP contribution < -0.4 is 0 Å². The van der Waals surface area contributed by atoms with Crippen LogP contribution >= 0.6 is 27.3 Å². The average molecular weight is 348 g/mol. The lowest BCUT2D eigenvalue weighted by atomic mass is 10.1. The van der Waals surface area contributed by atoms with Crippen LogP contribution in [0.2, 0.25) is 0 Å². The fourth-order valence-corrected chi connectivity index (χ4v) is 3.15. The Bertz CT molecular complexity index is 749. The summed E-state index contributed by atoms with van der Waals surface area (Å²) in [5.41, 5.74) is 3.87. The van der Waals surface area contributed by atoms with Gasteiger partial charge in [-0.1, -0.05) is 34.1 Å². The van der Waals surface area contributed by atoms with E-state index < -0.39 is 0 Å². The first-order chi connectivity index (χ1) is 9.63. The maximum Gasteiger partial charge on any atom is 0.124 e. The third-order valence-corrected chi connectivity index (χ3v) is 4.48. The van der Waals surface area contributed by atoms with E-state index in [2.05, 4.69) is 20.9 Å². The predicted molar refractivity (Wildman–Crippen MR) is 85.4 cm³/mol. The van der Waals surface area contributed by atoms with E-state index in [9.17, 15) is 4.39 Å². The summed E-state index contributed by atoms with van der Waals surface area (Å²) in [5, 5.41) is 2.85. The molecule has 4 heteroatoms. The summed E-state index contributed by atoms with van der Waals surface area (Å²) in [5.74, 6) is -0.231. The molecule has 3 aromatic rings. The van der Waals surface area contributed by atoms with Gasteiger partial charge in [0.05, 0.1) is 5.69 Å². The lowest BCUT2D eigenvalue weighted by molar-refractivity contribution is 0.628. The van der Waals surface area contributed by atoms with Gasteiger partial charge in [0.25, 0.3) is 0 Å². The predicted octanol–water partition coefficient (Wildman–Crippen LogP) is 5.69. The number of rotatable bonds is 2. The number of benzene rings is 2. The highest BCUT2D eigenvalue weighted by Crippen LogP contribution is 2.31. The number of hydrogen-bond donors (Lipinski definition) is 0. The Labute approximate surface area is 129 Å². The molecule has 20 heavy (non-hydrogen) atoms. The maximum absolute atomic E-state index is 13.4. The van der Waals surface area contributed by atoms with E-state index in [-0.39, 0.29) is 5.82 Å². The maximum atomic E-state index is 13.4. The van der Waals surface area contributed by atoms with Gasteiger partial charge < -0.3 is 0 Å². The third-order valence-electron chi connectivity index (χ3n) is 3.07. The van der Waals surface area contributed by atoms with Crippen LogP contribution in [0.25, 0.3) is 21.8 Å². The van der Waals surface area contributed by atoms with Crippen LogP contribution in [0.1, 0.15) is 5.56 Å². The highest BCUT2D eigenvalue weighted by Gasteiger charge is 2.09. The number of halogens is 2. The molecule has 0 N–H and O–H groups in total. The summed E-state index contributed by atoms with van der Waals surface area (Å²) < 4.78 is 14.4. The van der Waals surface area contributed by atoms with E-state index in [1.165, 1.54) is 17.4 Å². The molecule has 0 aliphatic rings. The normalized spacial score (nSPS) is 10.8. The van der Waals surface area contributed by atoms with Crippen molar-refractivity contribution in [3.63, 3.8) is 0 Å². The third kappa shape index (κ3) is 2.67. The van der Waals surface area contributed by atoms with E-state index >= 15 is 0 Å². The van der Waals surface area contributed by atoms with Crippen molar-refractivity contribution in [3.8, 4) is 21.8 Å². The molecule has 0 atom stereocenters. The first-order valence-electron chi connectivity index (χ1n) is 6.11. The molecule has 0 spiro atoms. The van der Waals surface area contributed by atoms with Gasteiger partial charge in [0.15, 0.2) is 0 Å². The SMILES string of the molecule is Cc1ccc(F)cc1-c1nc(-c2ccc(Br)cc2)cs1. The van der Waals surface area contributed by atoms with E-state index in [0.29, 0.717) is 0 Å². The zero-order valence-electron chi connectivity index (χ0n) is 10.7. The molecule has 0 saturated heterocycles. The topological polar surface area (TPSA) is 12.9 Å². The lowest BCUT2D eigenvalue weighted by Crippen LogP contribution is -1.85. The number of aryl methyl sites for hydroxylation is 1. The Hall–Kier alpha value is -1.52. The van der Waals surface area contributed by atoms with Crippen molar-refractivity contribution in [2.45, 2.75) is 6.92 Å². The van der Waals surface area contributed by atoms with Crippen molar-refractivity contribution in [2.24, 2.45) is 0 Å². The zero-order valence-corrected chi connectivity index (χ0v) is 13.1. The summed E-state index contributed by atoms with van der Waals surface area (Å²) in [6.45, 7) is 1.97. The van der Waals surface area contributed by atoms with Crippen molar-refractivity contribution in [1.82, 2.24) is 4.98 Å². The second kappa shape index (κ2) is 5.46. The van der Waals surface area contributed by atoms with Crippen LogP contribution in [0.3, 0.4) is 0 Å². The zero-order chi connectivity index (χ0) is 14.1. The van der Waals surface area contributed by atoms with Crippen LogP contribution in [-0.2, 0) is 0 Å². The minimum atomic E-state index is -0.231. The van der Waals surface area contributed by atoms with E-state index in [1.54, 1.807) is 12.1 Å². The number of aromatic nitrogens is 1. The Balaban J connectivity index is 2.01. The van der Waals surface area contributed by atoms with E-state index in [1.807, 2.05) is 36.6 Å². The Morgan fingerprint density at radius 1 is 1.10 bits per heavy atom. The second-order valence-corrected chi connectivity index (χ2v) is 6.28. The summed E-state index contributed by atoms with van der Waals surface area (Å²) in [6, 6.07) is 12.8. The molecular formula is C16H11BrFNS. The lowest BCUT2D eigenvalue weighted by Gasteiger charge is -2.02. The molecular weight excluding hydrogens is 337 g/mol. The van der Waals surface area contributed by atoms with Crippen LogP contribution in [0.5, 0.6) is 0 Å². The second-order valence-electron chi connectivity index (χ2n) is 4.50. The van der Waals surface area contributed by atoms with Gasteiger partial charge >= 0.3 is 0 Å². The fraction of sp³-hybridized carbons (Fsp3) is 0.0625. The average Bonchev–Trinajstić information content (AvgIpc) is 2.92. The summed E-state index contributed by atoms with van der Waals surface area (Å²) >= 11 is 4.95. The van der Waals surface area contributed by atoms with Gasteiger partial charge in [-0.15, -0.1) is 11.3 Å². The van der Waals surface area contributed by atoms with Gasteiger partial charge in [0.2, 0.25) is 0 Å². The van der Waals surface area contributed by atoms with Crippen LogP contribution in [-0.4, -0.2) is 4.98 Å². The van der Waals surface area contributed by atoms with E-state index in [4.69, 9.17) is 0 Å². The van der Waals surface area contributed by atoms with Crippen molar-refractivity contribution >= 4 is 27.3 Å². The van der Waals surface area contributed by atoms with Gasteiger partial charge in [0, 0.05) is 21.0 Å². The van der Waals surface area contributed by atoms with Crippen molar-refractivity contribution in [1.29, 1.82) is 0 Å². The highest BCUT2D eigenvalue weighted by atomic mass is 79.9.